The van der Waals surface area contributed by atoms with Gasteiger partial charge in [-0.1, -0.05) is 0 Å². The van der Waals surface area contributed by atoms with Crippen LogP contribution in [0.15, 0.2) is 0 Å². The molecule has 2 rings (SSSR count). The van der Waals surface area contributed by atoms with Crippen molar-refractivity contribution in [2.24, 2.45) is 0 Å². The first kappa shape index (κ1) is 16.1. The van der Waals surface area contributed by atoms with Gasteiger partial charge in [-0.05, 0) is 39.9 Å². The van der Waals surface area contributed by atoms with E-state index in [1.165, 1.54) is 4.90 Å². The molecule has 0 N–H and O–H groups in total. The zero-order valence-electron chi connectivity index (χ0n) is 12.9. The monoisotopic (exact) mass is 317 g/mol. The van der Waals surface area contributed by atoms with Crippen molar-refractivity contribution in [3.63, 3.8) is 0 Å². The molecule has 2 heterocycles. The van der Waals surface area contributed by atoms with Gasteiger partial charge in [0.05, 0.1) is 6.61 Å². The third-order valence-corrected chi connectivity index (χ3v) is 6.33. The van der Waals surface area contributed by atoms with Gasteiger partial charge in [-0.15, -0.1) is 0 Å². The number of hydrogen-bond donors (Lipinski definition) is 1. The molecule has 2 saturated heterocycles. The van der Waals surface area contributed by atoms with E-state index in [9.17, 15) is 14.4 Å². The van der Waals surface area contributed by atoms with Crippen molar-refractivity contribution in [3.05, 3.63) is 0 Å². The molecule has 0 radical (unpaired) electrons. The Morgan fingerprint density at radius 1 is 1.43 bits per heavy atom. The van der Waals surface area contributed by atoms with Gasteiger partial charge in [0.1, 0.15) is 11.6 Å². The number of ether oxygens (including phenoxy) is 2. The molecule has 2 fully saturated rings. The van der Waals surface area contributed by atoms with Crippen LogP contribution in [-0.2, 0) is 19.1 Å². The molecule has 1 spiro atoms. The lowest BCUT2D eigenvalue weighted by atomic mass is 10.0. The van der Waals surface area contributed by atoms with Gasteiger partial charge >= 0.3 is 12.1 Å². The molecular formula is C14H23NO5S. The molecule has 1 amide bonds. The summed E-state index contributed by atoms with van der Waals surface area (Å²) in [4.78, 5) is 37.1. The predicted octanol–water partition coefficient (Wildman–Crippen LogP) is 1.50. The van der Waals surface area contributed by atoms with Gasteiger partial charge in [0.25, 0.3) is 0 Å². The van der Waals surface area contributed by atoms with Crippen LogP contribution in [0.1, 0.15) is 34.1 Å². The van der Waals surface area contributed by atoms with E-state index in [2.05, 4.69) is 0 Å². The molecule has 0 aliphatic carbocycles. The van der Waals surface area contributed by atoms with Crippen LogP contribution >= 0.6 is 10.9 Å². The quantitative estimate of drug-likeness (QED) is 0.370. The van der Waals surface area contributed by atoms with Crippen molar-refractivity contribution < 1.29 is 23.9 Å². The Balaban J connectivity index is 2.19. The maximum atomic E-state index is 12.3. The molecule has 0 aromatic carbocycles. The molecule has 0 saturated carbocycles. The second-order valence-electron chi connectivity index (χ2n) is 6.42. The second kappa shape index (κ2) is 5.51. The summed E-state index contributed by atoms with van der Waals surface area (Å²) in [5.41, 5.74) is 0.325. The summed E-state index contributed by atoms with van der Waals surface area (Å²) < 4.78 is 10.1. The van der Waals surface area contributed by atoms with E-state index in [1.54, 1.807) is 27.7 Å². The Morgan fingerprint density at radius 2 is 2.10 bits per heavy atom. The van der Waals surface area contributed by atoms with E-state index in [0.717, 1.165) is 5.62 Å². The number of hydrogen-bond acceptors (Lipinski definition) is 5. The molecule has 7 heteroatoms. The van der Waals surface area contributed by atoms with Crippen molar-refractivity contribution in [2.75, 3.05) is 18.9 Å². The molecule has 0 aromatic rings. The van der Waals surface area contributed by atoms with Gasteiger partial charge < -0.3 is 9.47 Å². The molecule has 0 bridgehead atoms. The zero-order chi connectivity index (χ0) is 15.8. The highest BCUT2D eigenvalue weighted by Crippen LogP contribution is 2.65. The Bertz CT molecular complexity index is 461. The van der Waals surface area contributed by atoms with E-state index >= 15 is 0 Å². The van der Waals surface area contributed by atoms with Gasteiger partial charge in [0, 0.05) is 11.3 Å². The zero-order valence-corrected chi connectivity index (χ0v) is 13.8. The first-order valence-electron chi connectivity index (χ1n) is 7.13. The molecule has 6 nitrogen and oxygen atoms in total. The van der Waals surface area contributed by atoms with Crippen LogP contribution in [0.25, 0.3) is 0 Å². The van der Waals surface area contributed by atoms with Gasteiger partial charge in [-0.3, -0.25) is 9.69 Å². The highest BCUT2D eigenvalue weighted by molar-refractivity contribution is 8.35. The van der Waals surface area contributed by atoms with Crippen LogP contribution in [0.5, 0.6) is 0 Å². The van der Waals surface area contributed by atoms with Crippen LogP contribution in [-0.4, -0.2) is 57.9 Å². The fraction of sp³-hybridized carbons (Fsp3) is 0.786. The average molecular weight is 317 g/mol. The maximum Gasteiger partial charge on any atom is 0.411 e. The third-order valence-electron chi connectivity index (χ3n) is 3.78. The van der Waals surface area contributed by atoms with Crippen molar-refractivity contribution in [2.45, 2.75) is 50.5 Å². The summed E-state index contributed by atoms with van der Waals surface area (Å²) in [7, 11) is -0.831. The van der Waals surface area contributed by atoms with Gasteiger partial charge in [0.2, 0.25) is 0 Å². The number of nitrogens with zero attached hydrogens (tertiary/aromatic N) is 1. The highest BCUT2D eigenvalue weighted by Gasteiger charge is 2.66. The van der Waals surface area contributed by atoms with Crippen molar-refractivity contribution >= 4 is 28.6 Å². The summed E-state index contributed by atoms with van der Waals surface area (Å²) in [5, 5.41) is 0. The smallest absolute Gasteiger partial charge is 0.411 e. The Morgan fingerprint density at radius 3 is 2.57 bits per heavy atom. The normalized spacial score (nSPS) is 32.9. The topological polar surface area (TPSA) is 72.9 Å². The van der Waals surface area contributed by atoms with Crippen LogP contribution in [0, 0.1) is 0 Å². The standard InChI is InChI=1S/C14H23NO5S/c1-5-19-11(17)10-14(8-21(14)9-16)6-7-15(10)12(18)20-13(2,3)4/h9-10,21H,5-8H2,1-4H3. The lowest BCUT2D eigenvalue weighted by molar-refractivity contribution is -0.148. The Hall–Kier alpha value is -1.24. The minimum atomic E-state index is -0.831. The van der Waals surface area contributed by atoms with E-state index in [4.69, 9.17) is 9.47 Å². The van der Waals surface area contributed by atoms with Crippen LogP contribution in [0.3, 0.4) is 0 Å². The first-order valence-corrected chi connectivity index (χ1v) is 8.73. The molecule has 2 aliphatic heterocycles. The van der Waals surface area contributed by atoms with Crippen molar-refractivity contribution in [1.82, 2.24) is 4.90 Å². The van der Waals surface area contributed by atoms with E-state index in [0.29, 0.717) is 18.7 Å². The highest BCUT2D eigenvalue weighted by atomic mass is 32.2. The molecule has 3 atom stereocenters. The number of amides is 1. The number of esters is 1. The lowest BCUT2D eigenvalue weighted by Crippen LogP contribution is -2.48. The number of rotatable bonds is 3. The summed E-state index contributed by atoms with van der Waals surface area (Å²) in [6, 6.07) is -0.677. The molecule has 120 valence electrons. The largest absolute Gasteiger partial charge is 0.464 e. The summed E-state index contributed by atoms with van der Waals surface area (Å²) in [5.74, 6) is 0.280. The minimum absolute atomic E-state index is 0.257. The number of likely N-dealkylation sites (tertiary alicyclic amines) is 1. The average Bonchev–Trinajstić information content (AvgIpc) is 2.91. The molecule has 3 unspecified atom stereocenters. The van der Waals surface area contributed by atoms with Crippen LogP contribution < -0.4 is 0 Å². The predicted molar refractivity (Wildman–Crippen MR) is 81.3 cm³/mol. The lowest BCUT2D eigenvalue weighted by Gasteiger charge is -2.29. The van der Waals surface area contributed by atoms with Crippen molar-refractivity contribution in [1.29, 1.82) is 0 Å². The Labute approximate surface area is 127 Å². The number of carbonyl (C=O) groups excluding carboxylic acids is 3. The summed E-state index contributed by atoms with van der Waals surface area (Å²) in [6.45, 7) is 7.77. The van der Waals surface area contributed by atoms with Crippen LogP contribution in [0.4, 0.5) is 4.79 Å². The van der Waals surface area contributed by atoms with Gasteiger partial charge in [0.15, 0.2) is 5.62 Å². The Kier molecular flexibility index (Phi) is 4.24. The SMILES string of the molecule is CCOC(=O)C1N(C(=O)OC(C)(C)C)CCC12C[SH]2C=O. The molecular weight excluding hydrogens is 294 g/mol. The second-order valence-corrected chi connectivity index (χ2v) is 8.77. The molecule has 2 aliphatic rings. The number of carbonyl (C=O) groups is 3. The maximum absolute atomic E-state index is 12.3. The van der Waals surface area contributed by atoms with Crippen molar-refractivity contribution in [3.8, 4) is 0 Å². The van der Waals surface area contributed by atoms with Gasteiger partial charge in [-0.25, -0.2) is 9.59 Å². The molecule has 0 aromatic heterocycles. The summed E-state index contributed by atoms with van der Waals surface area (Å²) in [6.07, 6.45) is 0.158. The van der Waals surface area contributed by atoms with Crippen LogP contribution in [0.2, 0.25) is 0 Å². The third kappa shape index (κ3) is 3.02. The fourth-order valence-corrected chi connectivity index (χ4v) is 5.15. The van der Waals surface area contributed by atoms with Gasteiger partial charge in [-0.2, -0.15) is 10.9 Å². The van der Waals surface area contributed by atoms with E-state index in [-0.39, 0.29) is 11.4 Å². The fourth-order valence-electron chi connectivity index (χ4n) is 2.82. The number of thiol groups is 1. The van der Waals surface area contributed by atoms with E-state index in [1.807, 2.05) is 0 Å². The molecule has 21 heavy (non-hydrogen) atoms. The first-order chi connectivity index (χ1) is 9.75. The van der Waals surface area contributed by atoms with E-state index < -0.39 is 34.6 Å². The summed E-state index contributed by atoms with van der Waals surface area (Å²) >= 11 is 0. The minimum Gasteiger partial charge on any atom is -0.464 e.